The fourth-order valence-corrected chi connectivity index (χ4v) is 0.741. The van der Waals surface area contributed by atoms with Gasteiger partial charge in [0.25, 0.3) is 0 Å². The van der Waals surface area contributed by atoms with Gasteiger partial charge >= 0.3 is 0 Å². The number of nitrogens with zero attached hydrogens (tertiary/aromatic N) is 2. The molecule has 0 aromatic carbocycles. The van der Waals surface area contributed by atoms with E-state index < -0.39 is 10.0 Å². The van der Waals surface area contributed by atoms with Crippen molar-refractivity contribution in [1.82, 2.24) is 9.97 Å². The molecule has 0 aliphatic rings. The Balaban J connectivity index is 2.61. The standard InChI is InChI=1S/C6H6Cl3N3O/c7-6(8,9)4(13)12-5-10-2-1-3-11-5/h1-4,13H,(H,10,11,12). The van der Waals surface area contributed by atoms with Crippen molar-refractivity contribution in [1.29, 1.82) is 0 Å². The maximum Gasteiger partial charge on any atom is 0.234 e. The first-order valence-electron chi connectivity index (χ1n) is 3.28. The minimum absolute atomic E-state index is 0.196. The molecule has 1 aromatic heterocycles. The lowest BCUT2D eigenvalue weighted by Gasteiger charge is -2.19. The molecule has 0 aliphatic carbocycles. The maximum absolute atomic E-state index is 9.25. The van der Waals surface area contributed by atoms with E-state index in [0.29, 0.717) is 0 Å². The van der Waals surface area contributed by atoms with E-state index in [4.69, 9.17) is 34.8 Å². The second kappa shape index (κ2) is 4.28. The maximum atomic E-state index is 9.25. The number of nitrogens with one attached hydrogen (secondary N) is 1. The first-order valence-corrected chi connectivity index (χ1v) is 4.42. The highest BCUT2D eigenvalue weighted by atomic mass is 35.6. The van der Waals surface area contributed by atoms with Gasteiger partial charge in [0, 0.05) is 12.4 Å². The largest absolute Gasteiger partial charge is 0.369 e. The summed E-state index contributed by atoms with van der Waals surface area (Å²) in [4.78, 5) is 7.55. The van der Waals surface area contributed by atoms with Crippen LogP contribution in [0.25, 0.3) is 0 Å². The van der Waals surface area contributed by atoms with E-state index >= 15 is 0 Å². The van der Waals surface area contributed by atoms with Gasteiger partial charge in [-0.2, -0.15) is 0 Å². The van der Waals surface area contributed by atoms with Crippen molar-refractivity contribution in [2.75, 3.05) is 5.32 Å². The summed E-state index contributed by atoms with van der Waals surface area (Å²) < 4.78 is -1.81. The number of halogens is 3. The molecule has 0 radical (unpaired) electrons. The Bertz CT molecular complexity index is 264. The van der Waals surface area contributed by atoms with Crippen LogP contribution in [0.2, 0.25) is 0 Å². The molecular formula is C6H6Cl3N3O. The molecule has 0 saturated carbocycles. The third-order valence-corrected chi connectivity index (χ3v) is 1.76. The van der Waals surface area contributed by atoms with E-state index in [2.05, 4.69) is 15.3 Å². The number of hydrogen-bond donors (Lipinski definition) is 2. The number of aromatic nitrogens is 2. The van der Waals surface area contributed by atoms with Crippen LogP contribution < -0.4 is 5.32 Å². The molecular weight excluding hydrogens is 236 g/mol. The zero-order valence-electron chi connectivity index (χ0n) is 6.28. The van der Waals surface area contributed by atoms with Crippen molar-refractivity contribution in [3.8, 4) is 0 Å². The molecule has 0 fully saturated rings. The zero-order chi connectivity index (χ0) is 9.90. The molecule has 13 heavy (non-hydrogen) atoms. The van der Waals surface area contributed by atoms with Crippen LogP contribution in [0.4, 0.5) is 5.95 Å². The van der Waals surface area contributed by atoms with Crippen LogP contribution in [0, 0.1) is 0 Å². The van der Waals surface area contributed by atoms with Crippen LogP contribution >= 0.6 is 34.8 Å². The zero-order valence-corrected chi connectivity index (χ0v) is 8.55. The molecule has 1 atom stereocenters. The van der Waals surface area contributed by atoms with Crippen molar-refractivity contribution in [2.24, 2.45) is 0 Å². The lowest BCUT2D eigenvalue weighted by Crippen LogP contribution is -2.33. The number of rotatable bonds is 2. The Labute approximate surface area is 89.9 Å². The number of alkyl halides is 3. The van der Waals surface area contributed by atoms with Gasteiger partial charge in [-0.05, 0) is 6.07 Å². The van der Waals surface area contributed by atoms with Gasteiger partial charge in [0.2, 0.25) is 9.74 Å². The van der Waals surface area contributed by atoms with Gasteiger partial charge in [0.05, 0.1) is 0 Å². The minimum Gasteiger partial charge on any atom is -0.369 e. The third kappa shape index (κ3) is 3.52. The van der Waals surface area contributed by atoms with Crippen LogP contribution in [-0.4, -0.2) is 25.1 Å². The first-order chi connectivity index (χ1) is 6.00. The van der Waals surface area contributed by atoms with Gasteiger partial charge < -0.3 is 10.4 Å². The van der Waals surface area contributed by atoms with Gasteiger partial charge in [-0.1, -0.05) is 34.8 Å². The van der Waals surface area contributed by atoms with E-state index in [0.717, 1.165) is 0 Å². The molecule has 0 saturated heterocycles. The Kier molecular flexibility index (Phi) is 3.55. The summed E-state index contributed by atoms with van der Waals surface area (Å²) >= 11 is 16.2. The number of hydrogen-bond acceptors (Lipinski definition) is 4. The molecule has 2 N–H and O–H groups in total. The summed E-state index contributed by atoms with van der Waals surface area (Å²) in [6, 6.07) is 1.63. The normalized spacial score (nSPS) is 13.8. The Morgan fingerprint density at radius 3 is 2.31 bits per heavy atom. The topological polar surface area (TPSA) is 58.0 Å². The quantitative estimate of drug-likeness (QED) is 0.611. The summed E-state index contributed by atoms with van der Waals surface area (Å²) in [7, 11) is 0. The predicted octanol–water partition coefficient (Wildman–Crippen LogP) is 1.58. The van der Waals surface area contributed by atoms with Crippen LogP contribution in [0.15, 0.2) is 18.5 Å². The Hall–Kier alpha value is -0.290. The Morgan fingerprint density at radius 1 is 1.31 bits per heavy atom. The molecule has 1 heterocycles. The van der Waals surface area contributed by atoms with Crippen LogP contribution in [0.1, 0.15) is 0 Å². The summed E-state index contributed by atoms with van der Waals surface area (Å²) in [5.41, 5.74) is 0. The van der Waals surface area contributed by atoms with E-state index in [1.54, 1.807) is 6.07 Å². The second-order valence-electron chi connectivity index (χ2n) is 2.16. The third-order valence-electron chi connectivity index (χ3n) is 1.14. The lowest BCUT2D eigenvalue weighted by atomic mass is 10.6. The van der Waals surface area contributed by atoms with Gasteiger partial charge in [0.15, 0.2) is 6.23 Å². The smallest absolute Gasteiger partial charge is 0.234 e. The molecule has 1 unspecified atom stereocenters. The molecule has 1 rings (SSSR count). The lowest BCUT2D eigenvalue weighted by molar-refractivity contribution is 0.207. The molecule has 72 valence electrons. The summed E-state index contributed by atoms with van der Waals surface area (Å²) in [5.74, 6) is 0.196. The van der Waals surface area contributed by atoms with E-state index in [9.17, 15) is 5.11 Å². The minimum atomic E-state index is -1.81. The molecule has 0 spiro atoms. The van der Waals surface area contributed by atoms with Crippen molar-refractivity contribution in [2.45, 2.75) is 10.0 Å². The molecule has 0 bridgehead atoms. The highest BCUT2D eigenvalue weighted by molar-refractivity contribution is 6.68. The highest BCUT2D eigenvalue weighted by Crippen LogP contribution is 2.30. The van der Waals surface area contributed by atoms with Crippen LogP contribution in [0.3, 0.4) is 0 Å². The van der Waals surface area contributed by atoms with Gasteiger partial charge in [-0.3, -0.25) is 0 Å². The summed E-state index contributed by atoms with van der Waals surface area (Å²) in [6.07, 6.45) is 1.65. The molecule has 4 nitrogen and oxygen atoms in total. The molecule has 1 aromatic rings. The SMILES string of the molecule is OC(Nc1ncccn1)C(Cl)(Cl)Cl. The second-order valence-corrected chi connectivity index (χ2v) is 4.53. The molecule has 0 amide bonds. The van der Waals surface area contributed by atoms with E-state index in [1.807, 2.05) is 0 Å². The van der Waals surface area contributed by atoms with Crippen molar-refractivity contribution in [3.63, 3.8) is 0 Å². The summed E-state index contributed by atoms with van der Waals surface area (Å²) in [6.45, 7) is 0. The molecule has 0 aliphatic heterocycles. The average Bonchev–Trinajstić information content (AvgIpc) is 2.04. The van der Waals surface area contributed by atoms with E-state index in [-0.39, 0.29) is 5.95 Å². The monoisotopic (exact) mass is 241 g/mol. The number of aliphatic hydroxyl groups is 1. The van der Waals surface area contributed by atoms with Crippen molar-refractivity contribution in [3.05, 3.63) is 18.5 Å². The fraction of sp³-hybridized carbons (Fsp3) is 0.333. The number of anilines is 1. The van der Waals surface area contributed by atoms with Crippen LogP contribution in [0.5, 0.6) is 0 Å². The highest BCUT2D eigenvalue weighted by Gasteiger charge is 2.31. The van der Waals surface area contributed by atoms with Gasteiger partial charge in [-0.15, -0.1) is 0 Å². The average molecular weight is 242 g/mol. The Morgan fingerprint density at radius 2 is 1.85 bits per heavy atom. The number of aliphatic hydroxyl groups excluding tert-OH is 1. The van der Waals surface area contributed by atoms with Crippen LogP contribution in [-0.2, 0) is 0 Å². The van der Waals surface area contributed by atoms with E-state index in [1.165, 1.54) is 12.4 Å². The van der Waals surface area contributed by atoms with Crippen molar-refractivity contribution >= 4 is 40.8 Å². The fourth-order valence-electron chi connectivity index (χ4n) is 0.578. The summed E-state index contributed by atoms with van der Waals surface area (Å²) in [5, 5.41) is 11.7. The van der Waals surface area contributed by atoms with Crippen molar-refractivity contribution < 1.29 is 5.11 Å². The van der Waals surface area contributed by atoms with Gasteiger partial charge in [0.1, 0.15) is 0 Å². The first kappa shape index (κ1) is 10.8. The van der Waals surface area contributed by atoms with Gasteiger partial charge in [-0.25, -0.2) is 9.97 Å². The molecule has 7 heteroatoms. The predicted molar refractivity (Wildman–Crippen MR) is 52.0 cm³/mol.